The number of rotatable bonds is 7. The van der Waals surface area contributed by atoms with Crippen LogP contribution in [0.25, 0.3) is 10.8 Å². The largest absolute Gasteiger partial charge is 0.497 e. The molecule has 1 aliphatic rings. The third-order valence-electron chi connectivity index (χ3n) is 7.32. The number of anilines is 1. The molecule has 13 heteroatoms. The van der Waals surface area contributed by atoms with Crippen LogP contribution in [0.3, 0.4) is 0 Å². The minimum atomic E-state index is -4.53. The first-order valence-electron chi connectivity index (χ1n) is 13.6. The fourth-order valence-corrected chi connectivity index (χ4v) is 6.82. The molecule has 9 nitrogen and oxygen atoms in total. The van der Waals surface area contributed by atoms with Gasteiger partial charge >= 0.3 is 12.2 Å². The van der Waals surface area contributed by atoms with Gasteiger partial charge in [-0.1, -0.05) is 48.5 Å². The summed E-state index contributed by atoms with van der Waals surface area (Å²) in [6.07, 6.45) is -4.53. The van der Waals surface area contributed by atoms with E-state index in [9.17, 15) is 31.2 Å². The number of amides is 3. The lowest BCUT2D eigenvalue weighted by Gasteiger charge is -2.39. The van der Waals surface area contributed by atoms with E-state index in [2.05, 4.69) is 10.6 Å². The fourth-order valence-electron chi connectivity index (χ4n) is 5.03. The van der Waals surface area contributed by atoms with E-state index in [4.69, 9.17) is 4.74 Å². The molecular formula is C31H29F3N4O5S. The van der Waals surface area contributed by atoms with Crippen molar-refractivity contribution in [2.24, 2.45) is 0 Å². The van der Waals surface area contributed by atoms with Gasteiger partial charge in [-0.25, -0.2) is 13.2 Å². The Kier molecular flexibility index (Phi) is 8.79. The van der Waals surface area contributed by atoms with E-state index in [-0.39, 0.29) is 36.8 Å². The monoisotopic (exact) mass is 626 g/mol. The molecule has 1 unspecified atom stereocenters. The summed E-state index contributed by atoms with van der Waals surface area (Å²) >= 11 is 0. The van der Waals surface area contributed by atoms with E-state index in [1.54, 1.807) is 60.7 Å². The number of carbonyl (C=O) groups is 2. The number of nitrogens with zero attached hydrogens (tertiary/aromatic N) is 2. The molecule has 1 saturated heterocycles. The van der Waals surface area contributed by atoms with Gasteiger partial charge in [0.2, 0.25) is 15.9 Å². The second-order valence-electron chi connectivity index (χ2n) is 10.1. The lowest BCUT2D eigenvalue weighted by atomic mass is 10.1. The number of benzene rings is 4. The van der Waals surface area contributed by atoms with E-state index >= 15 is 0 Å². The maximum Gasteiger partial charge on any atom is 0.416 e. The highest BCUT2D eigenvalue weighted by Gasteiger charge is 2.42. The van der Waals surface area contributed by atoms with Gasteiger partial charge in [-0.2, -0.15) is 17.5 Å². The summed E-state index contributed by atoms with van der Waals surface area (Å²) in [5.74, 6) is -0.0376. The molecule has 0 aliphatic carbocycles. The molecule has 5 rings (SSSR count). The molecule has 0 radical (unpaired) electrons. The summed E-state index contributed by atoms with van der Waals surface area (Å²) in [4.78, 5) is 28.1. The van der Waals surface area contributed by atoms with E-state index in [0.717, 1.165) is 28.6 Å². The molecule has 0 aromatic heterocycles. The quantitative estimate of drug-likeness (QED) is 0.297. The van der Waals surface area contributed by atoms with Crippen LogP contribution in [0.2, 0.25) is 0 Å². The van der Waals surface area contributed by atoms with Crippen LogP contribution in [-0.4, -0.2) is 62.3 Å². The van der Waals surface area contributed by atoms with E-state index in [1.807, 2.05) is 0 Å². The summed E-state index contributed by atoms with van der Waals surface area (Å²) in [6, 6.07) is 20.9. The molecule has 230 valence electrons. The minimum Gasteiger partial charge on any atom is -0.497 e. The number of piperazine rings is 1. The van der Waals surface area contributed by atoms with Crippen LogP contribution in [-0.2, 0) is 27.5 Å². The highest BCUT2D eigenvalue weighted by molar-refractivity contribution is 7.89. The number of sulfonamides is 1. The number of hydrogen-bond acceptors (Lipinski definition) is 5. The van der Waals surface area contributed by atoms with Crippen molar-refractivity contribution in [3.8, 4) is 5.75 Å². The highest BCUT2D eigenvalue weighted by atomic mass is 32.2. The maximum atomic E-state index is 14.1. The van der Waals surface area contributed by atoms with Crippen molar-refractivity contribution in [2.45, 2.75) is 23.7 Å². The number of nitrogens with one attached hydrogen (secondary N) is 2. The van der Waals surface area contributed by atoms with E-state index < -0.39 is 39.7 Å². The van der Waals surface area contributed by atoms with Crippen LogP contribution in [0.5, 0.6) is 5.75 Å². The van der Waals surface area contributed by atoms with Crippen LogP contribution in [0, 0.1) is 0 Å². The number of hydrogen-bond donors (Lipinski definition) is 2. The molecule has 44 heavy (non-hydrogen) atoms. The zero-order valence-corrected chi connectivity index (χ0v) is 24.4. The van der Waals surface area contributed by atoms with Crippen molar-refractivity contribution < 1.29 is 35.9 Å². The average Bonchev–Trinajstić information content (AvgIpc) is 3.03. The molecule has 2 N–H and O–H groups in total. The van der Waals surface area contributed by atoms with Gasteiger partial charge in [0.25, 0.3) is 0 Å². The molecular weight excluding hydrogens is 597 g/mol. The molecule has 1 aliphatic heterocycles. The van der Waals surface area contributed by atoms with E-state index in [0.29, 0.717) is 22.1 Å². The molecule has 3 amide bonds. The Balaban J connectivity index is 1.40. The molecule has 1 atom stereocenters. The fraction of sp³-hybridized carbons (Fsp3) is 0.226. The molecule has 0 bridgehead atoms. The first kappa shape index (κ1) is 30.8. The summed E-state index contributed by atoms with van der Waals surface area (Å²) in [5, 5.41) is 6.51. The van der Waals surface area contributed by atoms with E-state index in [1.165, 1.54) is 18.1 Å². The summed E-state index contributed by atoms with van der Waals surface area (Å²) in [7, 11) is -2.70. The number of urea groups is 1. The molecule has 4 aromatic rings. The Morgan fingerprint density at radius 2 is 1.64 bits per heavy atom. The third-order valence-corrected chi connectivity index (χ3v) is 9.29. The first-order chi connectivity index (χ1) is 21.0. The Labute approximate surface area is 252 Å². The van der Waals surface area contributed by atoms with Gasteiger partial charge in [-0.05, 0) is 53.4 Å². The van der Waals surface area contributed by atoms with Crippen LogP contribution in [0.4, 0.5) is 23.7 Å². The number of methoxy groups -OCH3 is 1. The zero-order valence-electron chi connectivity index (χ0n) is 23.5. The summed E-state index contributed by atoms with van der Waals surface area (Å²) in [6.45, 7) is -0.466. The van der Waals surface area contributed by atoms with Crippen LogP contribution >= 0.6 is 0 Å². The lowest BCUT2D eigenvalue weighted by Crippen LogP contribution is -2.61. The molecule has 4 aromatic carbocycles. The maximum absolute atomic E-state index is 14.1. The molecule has 0 saturated carbocycles. The topological polar surface area (TPSA) is 108 Å². The Morgan fingerprint density at radius 1 is 0.932 bits per heavy atom. The van der Waals surface area contributed by atoms with Gasteiger partial charge in [-0.15, -0.1) is 0 Å². The molecule has 1 heterocycles. The summed E-state index contributed by atoms with van der Waals surface area (Å²) < 4.78 is 73.3. The van der Waals surface area contributed by atoms with Crippen LogP contribution < -0.4 is 15.4 Å². The normalized spacial score (nSPS) is 16.0. The predicted molar refractivity (Wildman–Crippen MR) is 159 cm³/mol. The van der Waals surface area contributed by atoms with Crippen molar-refractivity contribution in [1.29, 1.82) is 0 Å². The standard InChI is InChI=1S/C31H29F3N4O5S/c1-43-25-9-4-6-21(18-25)19-35-29(39)27-20-37(30(40)36-24-14-12-23(13-15-24)31(32,33)34)16-17-38(27)44(41,42)28-11-5-8-22-7-2-3-10-26(22)28/h2-15,18,27H,16-17,19-20H2,1H3,(H,35,39)(H,36,40). The van der Waals surface area contributed by atoms with Gasteiger partial charge < -0.3 is 20.3 Å². The van der Waals surface area contributed by atoms with Gasteiger partial charge in [0, 0.05) is 37.3 Å². The van der Waals surface area contributed by atoms with Crippen LogP contribution in [0.1, 0.15) is 11.1 Å². The second kappa shape index (κ2) is 12.5. The van der Waals surface area contributed by atoms with Crippen molar-refractivity contribution >= 4 is 38.4 Å². The van der Waals surface area contributed by atoms with Gasteiger partial charge in [-0.3, -0.25) is 4.79 Å². The Morgan fingerprint density at radius 3 is 2.36 bits per heavy atom. The number of carbonyl (C=O) groups excluding carboxylic acids is 2. The Bertz CT molecular complexity index is 1780. The molecule has 1 fully saturated rings. The number of alkyl halides is 3. The number of fused-ring (bicyclic) bond motifs is 1. The minimum absolute atomic E-state index is 0.0313. The van der Waals surface area contributed by atoms with Gasteiger partial charge in [0.15, 0.2) is 0 Å². The lowest BCUT2D eigenvalue weighted by molar-refractivity contribution is -0.137. The van der Waals surface area contributed by atoms with Crippen molar-refractivity contribution in [2.75, 3.05) is 32.1 Å². The van der Waals surface area contributed by atoms with Crippen molar-refractivity contribution in [3.05, 3.63) is 102 Å². The van der Waals surface area contributed by atoms with Gasteiger partial charge in [0.05, 0.1) is 17.6 Å². The number of ether oxygens (including phenoxy) is 1. The summed E-state index contributed by atoms with van der Waals surface area (Å²) in [5.41, 5.74) is -0.0303. The average molecular weight is 627 g/mol. The highest BCUT2D eigenvalue weighted by Crippen LogP contribution is 2.31. The van der Waals surface area contributed by atoms with Gasteiger partial charge in [0.1, 0.15) is 11.8 Å². The van der Waals surface area contributed by atoms with Crippen molar-refractivity contribution in [3.63, 3.8) is 0 Å². The second-order valence-corrected chi connectivity index (χ2v) is 12.0. The van der Waals surface area contributed by atoms with Crippen molar-refractivity contribution in [1.82, 2.24) is 14.5 Å². The predicted octanol–water partition coefficient (Wildman–Crippen LogP) is 5.09. The third kappa shape index (κ3) is 6.63. The molecule has 0 spiro atoms. The smallest absolute Gasteiger partial charge is 0.416 e. The van der Waals surface area contributed by atoms with Crippen LogP contribution in [0.15, 0.2) is 95.9 Å². The first-order valence-corrected chi connectivity index (χ1v) is 15.0. The number of halogens is 3. The zero-order chi connectivity index (χ0) is 31.5. The Hall–Kier alpha value is -4.62. The SMILES string of the molecule is COc1cccc(CNC(=O)C2CN(C(=O)Nc3ccc(C(F)(F)F)cc3)CCN2S(=O)(=O)c2cccc3ccccc23)c1.